The Balaban J connectivity index is 1.94. The maximum absolute atomic E-state index is 6.14. The fourth-order valence-corrected chi connectivity index (χ4v) is 2.09. The van der Waals surface area contributed by atoms with Crippen molar-refractivity contribution in [2.45, 2.75) is 6.54 Å². The van der Waals surface area contributed by atoms with Crippen molar-refractivity contribution in [1.29, 1.82) is 0 Å². The number of aromatic nitrogens is 1. The molecule has 2 aromatic heterocycles. The van der Waals surface area contributed by atoms with Crippen molar-refractivity contribution >= 4 is 28.2 Å². The van der Waals surface area contributed by atoms with Crippen molar-refractivity contribution in [3.8, 4) is 0 Å². The van der Waals surface area contributed by atoms with E-state index in [4.69, 9.17) is 16.0 Å². The maximum atomic E-state index is 6.14. The van der Waals surface area contributed by atoms with Gasteiger partial charge < -0.3 is 9.73 Å². The Morgan fingerprint density at radius 1 is 1.17 bits per heavy atom. The highest BCUT2D eigenvalue weighted by atomic mass is 35.5. The second kappa shape index (κ2) is 4.70. The fraction of sp³-hybridized carbons (Fsp3) is 0.0714. The monoisotopic (exact) mass is 258 g/mol. The highest BCUT2D eigenvalue weighted by Gasteiger charge is 2.05. The highest BCUT2D eigenvalue weighted by molar-refractivity contribution is 6.35. The molecule has 0 fully saturated rings. The van der Waals surface area contributed by atoms with E-state index in [1.807, 2.05) is 36.4 Å². The van der Waals surface area contributed by atoms with Gasteiger partial charge in [-0.1, -0.05) is 11.6 Å². The van der Waals surface area contributed by atoms with E-state index in [0.29, 0.717) is 11.6 Å². The molecule has 90 valence electrons. The van der Waals surface area contributed by atoms with Gasteiger partial charge in [-0.25, -0.2) is 0 Å². The van der Waals surface area contributed by atoms with Crippen LogP contribution in [-0.2, 0) is 6.54 Å². The molecule has 3 rings (SSSR count). The van der Waals surface area contributed by atoms with E-state index in [-0.39, 0.29) is 0 Å². The summed E-state index contributed by atoms with van der Waals surface area (Å²) in [6.45, 7) is 0.625. The number of benzene rings is 1. The van der Waals surface area contributed by atoms with Gasteiger partial charge in [-0.2, -0.15) is 0 Å². The van der Waals surface area contributed by atoms with Gasteiger partial charge in [0.25, 0.3) is 0 Å². The molecule has 1 aromatic carbocycles. The Labute approximate surface area is 109 Å². The van der Waals surface area contributed by atoms with Gasteiger partial charge in [0.05, 0.1) is 29.0 Å². The first kappa shape index (κ1) is 11.1. The van der Waals surface area contributed by atoms with E-state index in [2.05, 4.69) is 10.3 Å². The number of hydrogen-bond donors (Lipinski definition) is 1. The summed E-state index contributed by atoms with van der Waals surface area (Å²) >= 11 is 6.14. The second-order valence-electron chi connectivity index (χ2n) is 3.93. The van der Waals surface area contributed by atoms with Crippen LogP contribution >= 0.6 is 11.6 Å². The first-order chi connectivity index (χ1) is 8.84. The van der Waals surface area contributed by atoms with Crippen LogP contribution in [0.2, 0.25) is 5.02 Å². The number of rotatable bonds is 3. The van der Waals surface area contributed by atoms with Gasteiger partial charge in [0.1, 0.15) is 5.76 Å². The molecule has 0 atom stereocenters. The first-order valence-electron chi connectivity index (χ1n) is 5.64. The van der Waals surface area contributed by atoms with Crippen LogP contribution < -0.4 is 5.32 Å². The molecule has 0 spiro atoms. The van der Waals surface area contributed by atoms with Gasteiger partial charge in [0, 0.05) is 11.6 Å². The summed E-state index contributed by atoms with van der Waals surface area (Å²) in [6, 6.07) is 11.4. The van der Waals surface area contributed by atoms with Gasteiger partial charge in [0.2, 0.25) is 0 Å². The van der Waals surface area contributed by atoms with E-state index < -0.39 is 0 Å². The van der Waals surface area contributed by atoms with Crippen LogP contribution in [0.15, 0.2) is 53.3 Å². The summed E-state index contributed by atoms with van der Waals surface area (Å²) in [5, 5.41) is 4.96. The van der Waals surface area contributed by atoms with Crippen LogP contribution in [0, 0.1) is 0 Å². The number of hydrogen-bond acceptors (Lipinski definition) is 3. The van der Waals surface area contributed by atoms with Crippen LogP contribution in [0.1, 0.15) is 5.76 Å². The third-order valence-corrected chi connectivity index (χ3v) is 3.08. The Bertz CT molecular complexity index is 665. The summed E-state index contributed by atoms with van der Waals surface area (Å²) in [5.41, 5.74) is 1.82. The summed E-state index contributed by atoms with van der Waals surface area (Å²) in [6.07, 6.45) is 3.42. The Hall–Kier alpha value is -2.00. The lowest BCUT2D eigenvalue weighted by atomic mass is 10.2. The van der Waals surface area contributed by atoms with Crippen molar-refractivity contribution < 1.29 is 4.42 Å². The molecule has 0 radical (unpaired) electrons. The molecular weight excluding hydrogens is 248 g/mol. The molecule has 0 aliphatic carbocycles. The molecule has 2 heterocycles. The zero-order valence-corrected chi connectivity index (χ0v) is 10.3. The quantitative estimate of drug-likeness (QED) is 0.769. The average Bonchev–Trinajstić information content (AvgIpc) is 2.92. The predicted molar refractivity (Wildman–Crippen MR) is 72.8 cm³/mol. The van der Waals surface area contributed by atoms with Crippen molar-refractivity contribution in [2.24, 2.45) is 0 Å². The molecule has 0 aliphatic rings. The third-order valence-electron chi connectivity index (χ3n) is 2.75. The van der Waals surface area contributed by atoms with Gasteiger partial charge in [-0.05, 0) is 36.4 Å². The van der Waals surface area contributed by atoms with Crippen LogP contribution in [0.3, 0.4) is 0 Å². The van der Waals surface area contributed by atoms with Crippen molar-refractivity contribution in [3.63, 3.8) is 0 Å². The van der Waals surface area contributed by atoms with Gasteiger partial charge >= 0.3 is 0 Å². The van der Waals surface area contributed by atoms with E-state index in [1.165, 1.54) is 0 Å². The largest absolute Gasteiger partial charge is 0.467 e. The molecule has 3 aromatic rings. The summed E-state index contributed by atoms with van der Waals surface area (Å²) in [5.74, 6) is 0.883. The molecule has 0 amide bonds. The minimum Gasteiger partial charge on any atom is -0.467 e. The number of furan rings is 1. The van der Waals surface area contributed by atoms with Crippen LogP contribution in [0.4, 0.5) is 5.69 Å². The van der Waals surface area contributed by atoms with Crippen molar-refractivity contribution in [2.75, 3.05) is 5.32 Å². The molecule has 0 unspecified atom stereocenters. The van der Waals surface area contributed by atoms with Crippen LogP contribution in [0.25, 0.3) is 10.9 Å². The molecule has 0 aliphatic heterocycles. The number of nitrogens with zero attached hydrogens (tertiary/aromatic N) is 1. The predicted octanol–water partition coefficient (Wildman–Crippen LogP) is 4.09. The van der Waals surface area contributed by atoms with Crippen LogP contribution in [0.5, 0.6) is 0 Å². The number of pyridine rings is 1. The standard InChI is InChI=1S/C14H11ClN2O/c15-12-5-6-13(14-11(12)4-1-7-16-14)17-9-10-3-2-8-18-10/h1-8,17H,9H2. The van der Waals surface area contributed by atoms with E-state index >= 15 is 0 Å². The summed E-state index contributed by atoms with van der Waals surface area (Å²) < 4.78 is 5.28. The Kier molecular flexibility index (Phi) is 2.90. The number of anilines is 1. The molecule has 0 saturated carbocycles. The lowest BCUT2D eigenvalue weighted by Crippen LogP contribution is -1.99. The SMILES string of the molecule is Clc1ccc(NCc2ccco2)c2ncccc12. The number of halogens is 1. The average molecular weight is 259 g/mol. The van der Waals surface area contributed by atoms with E-state index in [0.717, 1.165) is 22.4 Å². The van der Waals surface area contributed by atoms with Gasteiger partial charge in [-0.3, -0.25) is 4.98 Å². The normalized spacial score (nSPS) is 10.7. The number of fused-ring (bicyclic) bond motifs is 1. The molecule has 3 nitrogen and oxygen atoms in total. The minimum absolute atomic E-state index is 0.625. The third kappa shape index (κ3) is 2.05. The Morgan fingerprint density at radius 2 is 2.11 bits per heavy atom. The van der Waals surface area contributed by atoms with Crippen molar-refractivity contribution in [3.05, 3.63) is 59.6 Å². The second-order valence-corrected chi connectivity index (χ2v) is 4.33. The van der Waals surface area contributed by atoms with Gasteiger partial charge in [0.15, 0.2) is 0 Å². The maximum Gasteiger partial charge on any atom is 0.122 e. The smallest absolute Gasteiger partial charge is 0.122 e. The molecular formula is C14H11ClN2O. The first-order valence-corrected chi connectivity index (χ1v) is 6.02. The highest BCUT2D eigenvalue weighted by Crippen LogP contribution is 2.28. The molecule has 4 heteroatoms. The minimum atomic E-state index is 0.625. The fourth-order valence-electron chi connectivity index (χ4n) is 1.88. The summed E-state index contributed by atoms with van der Waals surface area (Å²) in [4.78, 5) is 4.36. The van der Waals surface area contributed by atoms with E-state index in [1.54, 1.807) is 12.5 Å². The topological polar surface area (TPSA) is 38.1 Å². The molecule has 1 N–H and O–H groups in total. The van der Waals surface area contributed by atoms with Crippen LogP contribution in [-0.4, -0.2) is 4.98 Å². The molecule has 0 bridgehead atoms. The lowest BCUT2D eigenvalue weighted by Gasteiger charge is -2.08. The number of nitrogens with one attached hydrogen (secondary N) is 1. The van der Waals surface area contributed by atoms with Crippen molar-refractivity contribution in [1.82, 2.24) is 4.98 Å². The summed E-state index contributed by atoms with van der Waals surface area (Å²) in [7, 11) is 0. The zero-order chi connectivity index (χ0) is 12.4. The Morgan fingerprint density at radius 3 is 2.94 bits per heavy atom. The van der Waals surface area contributed by atoms with Gasteiger partial charge in [-0.15, -0.1) is 0 Å². The molecule has 18 heavy (non-hydrogen) atoms. The molecule has 0 saturated heterocycles. The lowest BCUT2D eigenvalue weighted by molar-refractivity contribution is 0.518. The van der Waals surface area contributed by atoms with E-state index in [9.17, 15) is 0 Å². The zero-order valence-electron chi connectivity index (χ0n) is 9.56.